The third-order valence-corrected chi connectivity index (χ3v) is 3.20. The summed E-state index contributed by atoms with van der Waals surface area (Å²) in [5.41, 5.74) is 4.55. The van der Waals surface area contributed by atoms with Gasteiger partial charge >= 0.3 is 6.03 Å². The molecule has 0 unspecified atom stereocenters. The minimum atomic E-state index is -0.675. The van der Waals surface area contributed by atoms with Crippen molar-refractivity contribution in [2.75, 3.05) is 20.1 Å². The SMILES string of the molecule is CN1CC(=O)N(CC(=O)NNC(=O)c2cc(Br)c[nH]2)C1=O. The Morgan fingerprint density at radius 2 is 2.10 bits per heavy atom. The van der Waals surface area contributed by atoms with E-state index in [0.717, 1.165) is 4.90 Å². The summed E-state index contributed by atoms with van der Waals surface area (Å²) in [6, 6.07) is 0.985. The van der Waals surface area contributed by atoms with Gasteiger partial charge in [-0.15, -0.1) is 0 Å². The molecule has 1 aliphatic heterocycles. The number of hydrazine groups is 1. The maximum absolute atomic E-state index is 11.6. The van der Waals surface area contributed by atoms with E-state index >= 15 is 0 Å². The number of urea groups is 1. The predicted octanol–water partition coefficient (Wildman–Crippen LogP) is -0.568. The van der Waals surface area contributed by atoms with Crippen molar-refractivity contribution in [3.63, 3.8) is 0 Å². The van der Waals surface area contributed by atoms with Crippen LogP contribution in [0, 0.1) is 0 Å². The molecule has 1 saturated heterocycles. The largest absolute Gasteiger partial charge is 0.356 e. The minimum Gasteiger partial charge on any atom is -0.356 e. The van der Waals surface area contributed by atoms with Crippen LogP contribution in [-0.4, -0.2) is 58.7 Å². The highest BCUT2D eigenvalue weighted by Gasteiger charge is 2.34. The number of carbonyl (C=O) groups is 4. The molecular formula is C11H12BrN5O4. The van der Waals surface area contributed by atoms with Crippen molar-refractivity contribution in [2.45, 2.75) is 0 Å². The van der Waals surface area contributed by atoms with Crippen LogP contribution in [0.15, 0.2) is 16.7 Å². The number of H-pyrrole nitrogens is 1. The molecule has 0 atom stereocenters. The van der Waals surface area contributed by atoms with Crippen LogP contribution in [-0.2, 0) is 9.59 Å². The lowest BCUT2D eigenvalue weighted by molar-refractivity contribution is -0.131. The Labute approximate surface area is 127 Å². The van der Waals surface area contributed by atoms with Crippen molar-refractivity contribution >= 4 is 39.7 Å². The molecule has 1 fully saturated rings. The molecule has 1 aliphatic rings. The predicted molar refractivity (Wildman–Crippen MR) is 73.8 cm³/mol. The average molecular weight is 358 g/mol. The first-order valence-electron chi connectivity index (χ1n) is 5.87. The standard InChI is InChI=1S/C11H12BrN5O4/c1-16-5-9(19)17(11(16)21)4-8(18)14-15-10(20)7-2-6(12)3-13-7/h2-3,13H,4-5H2,1H3,(H,14,18)(H,15,20). The molecular weight excluding hydrogens is 346 g/mol. The smallest absolute Gasteiger partial charge is 0.327 e. The van der Waals surface area contributed by atoms with Crippen LogP contribution in [0.2, 0.25) is 0 Å². The number of aromatic amines is 1. The zero-order valence-electron chi connectivity index (χ0n) is 11.0. The van der Waals surface area contributed by atoms with Crippen molar-refractivity contribution in [1.82, 2.24) is 25.6 Å². The molecule has 3 N–H and O–H groups in total. The van der Waals surface area contributed by atoms with Gasteiger partial charge in [-0.2, -0.15) is 0 Å². The molecule has 2 rings (SSSR count). The first-order valence-corrected chi connectivity index (χ1v) is 6.66. The lowest BCUT2D eigenvalue weighted by Crippen LogP contribution is -2.48. The fourth-order valence-corrected chi connectivity index (χ4v) is 2.04. The highest BCUT2D eigenvalue weighted by Crippen LogP contribution is 2.10. The van der Waals surface area contributed by atoms with Crippen LogP contribution in [0.1, 0.15) is 10.5 Å². The lowest BCUT2D eigenvalue weighted by Gasteiger charge is -2.13. The summed E-state index contributed by atoms with van der Waals surface area (Å²) in [5, 5.41) is 0. The maximum atomic E-state index is 11.6. The fourth-order valence-electron chi connectivity index (χ4n) is 1.70. The van der Waals surface area contributed by atoms with Gasteiger partial charge < -0.3 is 9.88 Å². The van der Waals surface area contributed by atoms with Crippen molar-refractivity contribution in [1.29, 1.82) is 0 Å². The number of hydrogen-bond acceptors (Lipinski definition) is 4. The monoisotopic (exact) mass is 357 g/mol. The van der Waals surface area contributed by atoms with E-state index in [0.29, 0.717) is 4.47 Å². The summed E-state index contributed by atoms with van der Waals surface area (Å²) >= 11 is 3.17. The summed E-state index contributed by atoms with van der Waals surface area (Å²) in [4.78, 5) is 51.0. The van der Waals surface area contributed by atoms with Gasteiger partial charge in [-0.1, -0.05) is 0 Å². The molecule has 1 aromatic rings. The number of nitrogens with zero attached hydrogens (tertiary/aromatic N) is 2. The van der Waals surface area contributed by atoms with Crippen LogP contribution in [0.4, 0.5) is 4.79 Å². The number of hydrogen-bond donors (Lipinski definition) is 3. The van der Waals surface area contributed by atoms with E-state index in [9.17, 15) is 19.2 Å². The number of amides is 5. The molecule has 9 nitrogen and oxygen atoms in total. The molecule has 112 valence electrons. The minimum absolute atomic E-state index is 0.0605. The Balaban J connectivity index is 1.84. The van der Waals surface area contributed by atoms with Gasteiger partial charge in [0.1, 0.15) is 18.8 Å². The molecule has 21 heavy (non-hydrogen) atoms. The van der Waals surface area contributed by atoms with Crippen molar-refractivity contribution in [2.24, 2.45) is 0 Å². The molecule has 0 saturated carbocycles. The normalized spacial score (nSPS) is 14.6. The van der Waals surface area contributed by atoms with Gasteiger partial charge in [-0.25, -0.2) is 4.79 Å². The summed E-state index contributed by atoms with van der Waals surface area (Å²) < 4.78 is 0.690. The Morgan fingerprint density at radius 3 is 2.62 bits per heavy atom. The highest BCUT2D eigenvalue weighted by molar-refractivity contribution is 9.10. The second-order valence-corrected chi connectivity index (χ2v) is 5.27. The number of carbonyl (C=O) groups excluding carboxylic acids is 4. The van der Waals surface area contributed by atoms with Crippen LogP contribution in [0.5, 0.6) is 0 Å². The molecule has 0 aliphatic carbocycles. The van der Waals surface area contributed by atoms with Crippen LogP contribution >= 0.6 is 15.9 Å². The van der Waals surface area contributed by atoms with E-state index < -0.39 is 30.3 Å². The van der Waals surface area contributed by atoms with Crippen LogP contribution < -0.4 is 10.9 Å². The third-order valence-electron chi connectivity index (χ3n) is 2.74. The summed E-state index contributed by atoms with van der Waals surface area (Å²) in [5.74, 6) is -1.69. The maximum Gasteiger partial charge on any atom is 0.327 e. The second-order valence-electron chi connectivity index (χ2n) is 4.35. The Morgan fingerprint density at radius 1 is 1.38 bits per heavy atom. The number of likely N-dealkylation sites (N-methyl/N-ethyl adjacent to an activating group) is 1. The third kappa shape index (κ3) is 3.40. The first-order chi connectivity index (χ1) is 9.88. The molecule has 2 heterocycles. The van der Waals surface area contributed by atoms with E-state index in [1.165, 1.54) is 18.0 Å². The van der Waals surface area contributed by atoms with Crippen molar-refractivity contribution < 1.29 is 19.2 Å². The van der Waals surface area contributed by atoms with Gasteiger partial charge in [0, 0.05) is 17.7 Å². The Kier molecular flexibility index (Phi) is 4.26. The van der Waals surface area contributed by atoms with Crippen LogP contribution in [0.25, 0.3) is 0 Å². The van der Waals surface area contributed by atoms with Gasteiger partial charge in [0.2, 0.25) is 0 Å². The first kappa shape index (κ1) is 15.0. The summed E-state index contributed by atoms with van der Waals surface area (Å²) in [6.07, 6.45) is 1.56. The van der Waals surface area contributed by atoms with E-state index in [1.54, 1.807) is 6.20 Å². The number of aromatic nitrogens is 1. The molecule has 0 aromatic carbocycles. The Bertz CT molecular complexity index is 614. The summed E-state index contributed by atoms with van der Waals surface area (Å²) in [6.45, 7) is -0.508. The second kappa shape index (κ2) is 5.95. The molecule has 10 heteroatoms. The van der Waals surface area contributed by atoms with E-state index in [2.05, 4.69) is 31.8 Å². The highest BCUT2D eigenvalue weighted by atomic mass is 79.9. The number of nitrogens with one attached hydrogen (secondary N) is 3. The molecule has 0 radical (unpaired) electrons. The van der Waals surface area contributed by atoms with Gasteiger partial charge in [-0.3, -0.25) is 30.1 Å². The van der Waals surface area contributed by atoms with Gasteiger partial charge in [0.15, 0.2) is 0 Å². The van der Waals surface area contributed by atoms with E-state index in [1.807, 2.05) is 0 Å². The van der Waals surface area contributed by atoms with Gasteiger partial charge in [-0.05, 0) is 22.0 Å². The quantitative estimate of drug-likeness (QED) is 0.496. The van der Waals surface area contributed by atoms with Gasteiger partial charge in [0.25, 0.3) is 17.7 Å². The number of rotatable bonds is 3. The van der Waals surface area contributed by atoms with E-state index in [4.69, 9.17) is 0 Å². The number of halogens is 1. The number of imide groups is 1. The van der Waals surface area contributed by atoms with Crippen molar-refractivity contribution in [3.8, 4) is 0 Å². The zero-order valence-corrected chi connectivity index (χ0v) is 12.6. The summed E-state index contributed by atoms with van der Waals surface area (Å²) in [7, 11) is 1.46. The average Bonchev–Trinajstić information content (AvgIpc) is 2.96. The topological polar surface area (TPSA) is 115 Å². The van der Waals surface area contributed by atoms with Crippen LogP contribution in [0.3, 0.4) is 0 Å². The lowest BCUT2D eigenvalue weighted by atomic mass is 10.4. The fraction of sp³-hybridized carbons (Fsp3) is 0.273. The molecule has 0 bridgehead atoms. The molecule has 1 aromatic heterocycles. The molecule has 0 spiro atoms. The van der Waals surface area contributed by atoms with E-state index in [-0.39, 0.29) is 12.2 Å². The Hall–Kier alpha value is -2.36. The zero-order chi connectivity index (χ0) is 15.6. The van der Waals surface area contributed by atoms with Gasteiger partial charge in [0.05, 0.1) is 0 Å². The van der Waals surface area contributed by atoms with Crippen molar-refractivity contribution in [3.05, 3.63) is 22.4 Å². The molecule has 5 amide bonds.